The van der Waals surface area contributed by atoms with E-state index >= 15 is 0 Å². The van der Waals surface area contributed by atoms with Crippen molar-refractivity contribution in [3.8, 4) is 11.5 Å². The predicted octanol–water partition coefficient (Wildman–Crippen LogP) is 7.31. The van der Waals surface area contributed by atoms with Crippen LogP contribution in [0, 0.1) is 0 Å². The van der Waals surface area contributed by atoms with Gasteiger partial charge in [-0.15, -0.1) is 0 Å². The molecule has 0 bridgehead atoms. The Kier molecular flexibility index (Phi) is 11.5. The summed E-state index contributed by atoms with van der Waals surface area (Å²) in [5.74, 6) is 0.137. The number of sulfonamides is 1. The first-order valence-electron chi connectivity index (χ1n) is 14.4. The minimum atomic E-state index is -4.21. The zero-order chi connectivity index (χ0) is 32.6. The number of amides is 2. The summed E-state index contributed by atoms with van der Waals surface area (Å²) in [7, 11) is -4.21. The van der Waals surface area contributed by atoms with Gasteiger partial charge in [0.1, 0.15) is 24.1 Å². The third-order valence-corrected chi connectivity index (χ3v) is 9.61. The van der Waals surface area contributed by atoms with Crippen molar-refractivity contribution in [2.24, 2.45) is 0 Å². The topological polar surface area (TPSA) is 96.0 Å². The Morgan fingerprint density at radius 3 is 2.04 bits per heavy atom. The molecule has 0 unspecified atom stereocenters. The van der Waals surface area contributed by atoms with Crippen LogP contribution in [0.1, 0.15) is 32.8 Å². The lowest BCUT2D eigenvalue weighted by atomic mass is 10.1. The van der Waals surface area contributed by atoms with Crippen LogP contribution >= 0.6 is 23.2 Å². The molecule has 4 aromatic rings. The van der Waals surface area contributed by atoms with Crippen molar-refractivity contribution in [1.82, 2.24) is 10.2 Å². The van der Waals surface area contributed by atoms with Crippen LogP contribution in [0.15, 0.2) is 108 Å². The molecule has 0 aliphatic heterocycles. The summed E-state index contributed by atoms with van der Waals surface area (Å²) < 4.78 is 34.9. The van der Waals surface area contributed by atoms with E-state index in [1.54, 1.807) is 79.7 Å². The maximum atomic E-state index is 14.1. The van der Waals surface area contributed by atoms with Crippen LogP contribution in [-0.4, -0.2) is 43.8 Å². The quantitative estimate of drug-likeness (QED) is 0.161. The van der Waals surface area contributed by atoms with E-state index < -0.39 is 28.5 Å². The van der Waals surface area contributed by atoms with Crippen molar-refractivity contribution in [1.29, 1.82) is 0 Å². The second-order valence-electron chi connectivity index (χ2n) is 10.5. The molecule has 0 fully saturated rings. The van der Waals surface area contributed by atoms with Crippen molar-refractivity contribution in [3.05, 3.63) is 119 Å². The number of carbonyl (C=O) groups excluding carboxylic acids is 2. The zero-order valence-corrected chi connectivity index (χ0v) is 27.5. The van der Waals surface area contributed by atoms with E-state index in [9.17, 15) is 18.0 Å². The number of hydrogen-bond acceptors (Lipinski definition) is 5. The normalized spacial score (nSPS) is 12.6. The Hall–Kier alpha value is -4.05. The van der Waals surface area contributed by atoms with Gasteiger partial charge in [-0.3, -0.25) is 13.9 Å². The maximum Gasteiger partial charge on any atom is 0.264 e. The van der Waals surface area contributed by atoms with Crippen LogP contribution in [0.3, 0.4) is 0 Å². The van der Waals surface area contributed by atoms with Crippen molar-refractivity contribution >= 4 is 50.7 Å². The Bertz CT molecular complexity index is 1710. The summed E-state index contributed by atoms with van der Waals surface area (Å²) in [6.07, 6.45) is 0.697. The van der Waals surface area contributed by atoms with Crippen molar-refractivity contribution < 1.29 is 22.7 Å². The monoisotopic (exact) mass is 667 g/mol. The highest BCUT2D eigenvalue weighted by atomic mass is 35.5. The Morgan fingerprint density at radius 2 is 1.44 bits per heavy atom. The van der Waals surface area contributed by atoms with E-state index in [4.69, 9.17) is 27.9 Å². The van der Waals surface area contributed by atoms with E-state index in [0.29, 0.717) is 33.5 Å². The van der Waals surface area contributed by atoms with E-state index in [0.717, 1.165) is 4.31 Å². The molecule has 2 atom stereocenters. The smallest absolute Gasteiger partial charge is 0.264 e. The molecule has 0 saturated carbocycles. The molecular weight excluding hydrogens is 633 g/mol. The molecule has 0 heterocycles. The number of nitrogens with zero attached hydrogens (tertiary/aromatic N) is 2. The van der Waals surface area contributed by atoms with Gasteiger partial charge in [0.2, 0.25) is 11.8 Å². The number of benzene rings is 4. The molecule has 0 spiro atoms. The van der Waals surface area contributed by atoms with Gasteiger partial charge < -0.3 is 15.0 Å². The van der Waals surface area contributed by atoms with Crippen LogP contribution < -0.4 is 14.4 Å². The van der Waals surface area contributed by atoms with E-state index in [-0.39, 0.29) is 29.1 Å². The highest BCUT2D eigenvalue weighted by Crippen LogP contribution is 2.29. The Balaban J connectivity index is 1.70. The molecule has 0 saturated heterocycles. The number of ether oxygens (including phenoxy) is 1. The summed E-state index contributed by atoms with van der Waals surface area (Å²) in [5, 5.41) is 3.65. The van der Waals surface area contributed by atoms with Gasteiger partial charge in [0.25, 0.3) is 10.0 Å². The van der Waals surface area contributed by atoms with Crippen LogP contribution in [0.4, 0.5) is 5.69 Å². The van der Waals surface area contributed by atoms with Gasteiger partial charge in [0.05, 0.1) is 10.6 Å². The number of nitrogens with one attached hydrogen (secondary N) is 1. The van der Waals surface area contributed by atoms with Gasteiger partial charge in [-0.1, -0.05) is 72.6 Å². The van der Waals surface area contributed by atoms with Gasteiger partial charge in [-0.2, -0.15) is 0 Å². The van der Waals surface area contributed by atoms with Gasteiger partial charge in [-0.25, -0.2) is 8.42 Å². The fourth-order valence-electron chi connectivity index (χ4n) is 4.44. The van der Waals surface area contributed by atoms with Crippen molar-refractivity contribution in [2.75, 3.05) is 10.8 Å². The lowest BCUT2D eigenvalue weighted by molar-refractivity contribution is -0.139. The minimum Gasteiger partial charge on any atom is -0.457 e. The fourth-order valence-corrected chi connectivity index (χ4v) is 6.34. The van der Waals surface area contributed by atoms with Crippen LogP contribution in [0.25, 0.3) is 0 Å². The summed E-state index contributed by atoms with van der Waals surface area (Å²) in [6, 6.07) is 27.2. The summed E-state index contributed by atoms with van der Waals surface area (Å²) in [4.78, 5) is 28.7. The predicted molar refractivity (Wildman–Crippen MR) is 178 cm³/mol. The molecule has 2 amide bonds. The number of halogens is 2. The van der Waals surface area contributed by atoms with Gasteiger partial charge in [-0.05, 0) is 86.5 Å². The molecule has 11 heteroatoms. The van der Waals surface area contributed by atoms with E-state index in [1.165, 1.54) is 17.0 Å². The number of rotatable bonds is 13. The summed E-state index contributed by atoms with van der Waals surface area (Å²) in [5.41, 5.74) is 0.797. The van der Waals surface area contributed by atoms with Crippen molar-refractivity contribution in [2.45, 2.75) is 50.7 Å². The number of carbonyl (C=O) groups is 2. The minimum absolute atomic E-state index is 0.0114. The SMILES string of the molecule is CC[C@H](C)NC(=O)[C@H](C)N(Cc1ccc(Cl)cc1Cl)C(=O)CN(c1ccc(Oc2ccccc2)cc1)S(=O)(=O)c1ccccc1. The number of para-hydroxylation sites is 1. The molecule has 0 aromatic heterocycles. The van der Waals surface area contributed by atoms with Crippen LogP contribution in [-0.2, 0) is 26.2 Å². The van der Waals surface area contributed by atoms with Gasteiger partial charge >= 0.3 is 0 Å². The van der Waals surface area contributed by atoms with E-state index in [2.05, 4.69) is 5.32 Å². The molecule has 45 heavy (non-hydrogen) atoms. The second kappa shape index (κ2) is 15.3. The lowest BCUT2D eigenvalue weighted by Gasteiger charge is -2.32. The van der Waals surface area contributed by atoms with Gasteiger partial charge in [0.15, 0.2) is 0 Å². The molecule has 0 radical (unpaired) electrons. The maximum absolute atomic E-state index is 14.1. The molecule has 236 valence electrons. The Morgan fingerprint density at radius 1 is 0.844 bits per heavy atom. The third kappa shape index (κ3) is 8.78. The molecule has 4 rings (SSSR count). The first kappa shape index (κ1) is 33.8. The molecule has 0 aliphatic rings. The van der Waals surface area contributed by atoms with Crippen LogP contribution in [0.5, 0.6) is 11.5 Å². The molecule has 8 nitrogen and oxygen atoms in total. The average Bonchev–Trinajstić information content (AvgIpc) is 3.04. The average molecular weight is 669 g/mol. The lowest BCUT2D eigenvalue weighted by Crippen LogP contribution is -2.52. The Labute approximate surface area is 274 Å². The largest absolute Gasteiger partial charge is 0.457 e. The highest BCUT2D eigenvalue weighted by Gasteiger charge is 2.33. The van der Waals surface area contributed by atoms with Crippen LogP contribution in [0.2, 0.25) is 10.0 Å². The third-order valence-electron chi connectivity index (χ3n) is 7.24. The first-order valence-corrected chi connectivity index (χ1v) is 16.6. The molecule has 4 aromatic carbocycles. The van der Waals surface area contributed by atoms with E-state index in [1.807, 2.05) is 32.0 Å². The zero-order valence-electron chi connectivity index (χ0n) is 25.2. The standard InChI is InChI=1S/C34H35Cl2N3O5S/c1-4-24(2)37-34(41)25(3)38(22-26-15-16-27(35)21-32(26)36)33(40)23-39(45(42,43)31-13-9-6-10-14-31)28-17-19-30(20-18-28)44-29-11-7-5-8-12-29/h5-21,24-25H,4,22-23H2,1-3H3,(H,37,41)/t24-,25-/m0/s1. The molecular formula is C34H35Cl2N3O5S. The fraction of sp³-hybridized carbons (Fsp3) is 0.235. The van der Waals surface area contributed by atoms with Crippen molar-refractivity contribution in [3.63, 3.8) is 0 Å². The number of anilines is 1. The second-order valence-corrected chi connectivity index (χ2v) is 13.2. The summed E-state index contributed by atoms with van der Waals surface area (Å²) >= 11 is 12.5. The number of hydrogen-bond donors (Lipinski definition) is 1. The first-order chi connectivity index (χ1) is 21.5. The summed E-state index contributed by atoms with van der Waals surface area (Å²) in [6.45, 7) is 4.78. The highest BCUT2D eigenvalue weighted by molar-refractivity contribution is 7.92. The molecule has 0 aliphatic carbocycles. The van der Waals surface area contributed by atoms with Gasteiger partial charge in [0, 0.05) is 22.6 Å². The molecule has 1 N–H and O–H groups in total.